The van der Waals surface area contributed by atoms with Crippen LogP contribution in [0.5, 0.6) is 0 Å². The van der Waals surface area contributed by atoms with E-state index in [1.807, 2.05) is 0 Å². The third-order valence-corrected chi connectivity index (χ3v) is 12.1. The van der Waals surface area contributed by atoms with Crippen LogP contribution in [0.1, 0.15) is 271 Å². The normalized spacial score (nSPS) is 12.7. The van der Waals surface area contributed by atoms with E-state index in [0.717, 1.165) is 122 Å². The molecule has 0 spiro atoms. The highest BCUT2D eigenvalue weighted by molar-refractivity contribution is 5.71. The minimum atomic E-state index is -0.796. The van der Waals surface area contributed by atoms with Crippen LogP contribution >= 0.6 is 0 Å². The van der Waals surface area contributed by atoms with Gasteiger partial charge in [-0.2, -0.15) is 0 Å². The van der Waals surface area contributed by atoms with Crippen molar-refractivity contribution in [3.63, 3.8) is 0 Å². The van der Waals surface area contributed by atoms with Crippen LogP contribution in [-0.2, 0) is 28.6 Å². The molecule has 0 rings (SSSR count). The topological polar surface area (TPSA) is 78.9 Å². The highest BCUT2D eigenvalue weighted by Gasteiger charge is 2.19. The first kappa shape index (κ1) is 64.6. The molecule has 1 atom stereocenters. The van der Waals surface area contributed by atoms with Gasteiger partial charge in [0.05, 0.1) is 0 Å². The first-order valence-electron chi connectivity index (χ1n) is 28.6. The van der Waals surface area contributed by atoms with E-state index in [9.17, 15) is 14.4 Å². The molecule has 0 amide bonds. The van der Waals surface area contributed by atoms with Crippen molar-refractivity contribution in [1.82, 2.24) is 0 Å². The maximum atomic E-state index is 12.9. The fraction of sp³-hybridized carbons (Fsp3) is 0.726. The molecule has 0 aromatic carbocycles. The van der Waals surface area contributed by atoms with Gasteiger partial charge in [-0.25, -0.2) is 0 Å². The van der Waals surface area contributed by atoms with Crippen molar-refractivity contribution < 1.29 is 28.6 Å². The Bertz CT molecular complexity index is 1320. The molecule has 0 aliphatic carbocycles. The lowest BCUT2D eigenvalue weighted by Crippen LogP contribution is -2.30. The minimum Gasteiger partial charge on any atom is -0.462 e. The summed E-state index contributed by atoms with van der Waals surface area (Å²) >= 11 is 0. The van der Waals surface area contributed by atoms with Crippen molar-refractivity contribution in [3.05, 3.63) is 85.1 Å². The smallest absolute Gasteiger partial charge is 0.306 e. The Labute approximate surface area is 420 Å². The summed E-state index contributed by atoms with van der Waals surface area (Å²) in [5.41, 5.74) is 0. The molecular formula is C62H106O6. The summed E-state index contributed by atoms with van der Waals surface area (Å²) in [5, 5.41) is 0. The Morgan fingerprint density at radius 1 is 0.309 bits per heavy atom. The standard InChI is InChI=1S/C62H106O6/c1-4-7-10-13-16-19-22-25-28-30-31-32-35-37-40-43-46-49-52-55-61(64)67-58-59(57-66-60(63)54-51-48-45-42-39-36-33-27-24-21-18-15-12-9-6-3)68-62(65)56-53-50-47-44-41-38-34-29-26-23-20-17-14-11-8-5-2/h9,12,16,18-19,21,25,27-28,31-33,37,40,59H,4-8,10-11,13-15,17,20,22-24,26,29-30,34-36,38-39,41-58H2,1-3H3/b12-9+,19-16+,21-18+,28-25+,32-31+,33-27+,40-37+/t59-/m1/s1. The maximum Gasteiger partial charge on any atom is 0.306 e. The van der Waals surface area contributed by atoms with Crippen LogP contribution in [0.4, 0.5) is 0 Å². The fourth-order valence-corrected chi connectivity index (χ4v) is 7.85. The van der Waals surface area contributed by atoms with Crippen LogP contribution in [0.3, 0.4) is 0 Å². The molecule has 0 bridgehead atoms. The Balaban J connectivity index is 4.45. The molecule has 0 fully saturated rings. The van der Waals surface area contributed by atoms with Gasteiger partial charge in [-0.1, -0.05) is 241 Å². The Morgan fingerprint density at radius 2 is 0.574 bits per heavy atom. The average molecular weight is 948 g/mol. The second-order valence-corrected chi connectivity index (χ2v) is 18.8. The van der Waals surface area contributed by atoms with Crippen molar-refractivity contribution in [1.29, 1.82) is 0 Å². The summed E-state index contributed by atoms with van der Waals surface area (Å²) in [6.07, 6.45) is 72.8. The summed E-state index contributed by atoms with van der Waals surface area (Å²) in [4.78, 5) is 38.1. The van der Waals surface area contributed by atoms with E-state index < -0.39 is 6.10 Å². The third kappa shape index (κ3) is 53.5. The SMILES string of the molecule is CC/C=C/C/C=C/C/C=C/CCCCCCCC(=O)OC[C@H](COC(=O)CCCCC/C=C/C/C=C/C/C=C/C/C=C/CCCCC)OC(=O)CCCCCCCCCCCCCCCCCC. The fourth-order valence-electron chi connectivity index (χ4n) is 7.85. The van der Waals surface area contributed by atoms with Gasteiger partial charge in [0.1, 0.15) is 13.2 Å². The van der Waals surface area contributed by atoms with E-state index in [4.69, 9.17) is 14.2 Å². The lowest BCUT2D eigenvalue weighted by molar-refractivity contribution is -0.167. The zero-order valence-electron chi connectivity index (χ0n) is 44.6. The van der Waals surface area contributed by atoms with Gasteiger partial charge in [0.25, 0.3) is 0 Å². The Hall–Kier alpha value is -3.41. The lowest BCUT2D eigenvalue weighted by Gasteiger charge is -2.18. The number of unbranched alkanes of at least 4 members (excludes halogenated alkanes) is 26. The summed E-state index contributed by atoms with van der Waals surface area (Å²) in [5.74, 6) is -0.934. The predicted octanol–water partition coefficient (Wildman–Crippen LogP) is 19.2. The van der Waals surface area contributed by atoms with Gasteiger partial charge in [-0.3, -0.25) is 14.4 Å². The van der Waals surface area contributed by atoms with Crippen molar-refractivity contribution >= 4 is 17.9 Å². The van der Waals surface area contributed by atoms with Crippen LogP contribution in [0, 0.1) is 0 Å². The Morgan fingerprint density at radius 3 is 0.941 bits per heavy atom. The van der Waals surface area contributed by atoms with Crippen molar-refractivity contribution in [2.75, 3.05) is 13.2 Å². The van der Waals surface area contributed by atoms with E-state index in [1.165, 1.54) is 109 Å². The highest BCUT2D eigenvalue weighted by atomic mass is 16.6. The van der Waals surface area contributed by atoms with Gasteiger partial charge in [0.2, 0.25) is 0 Å². The van der Waals surface area contributed by atoms with E-state index in [-0.39, 0.29) is 31.1 Å². The minimum absolute atomic E-state index is 0.0944. The zero-order valence-corrected chi connectivity index (χ0v) is 44.6. The molecule has 0 unspecified atom stereocenters. The largest absolute Gasteiger partial charge is 0.462 e. The summed E-state index contributed by atoms with van der Waals surface area (Å²) < 4.78 is 16.8. The zero-order chi connectivity index (χ0) is 49.3. The molecule has 0 heterocycles. The van der Waals surface area contributed by atoms with Crippen LogP contribution < -0.4 is 0 Å². The van der Waals surface area contributed by atoms with Gasteiger partial charge in [-0.15, -0.1) is 0 Å². The molecule has 0 saturated carbocycles. The van der Waals surface area contributed by atoms with Gasteiger partial charge in [-0.05, 0) is 96.3 Å². The first-order valence-corrected chi connectivity index (χ1v) is 28.6. The van der Waals surface area contributed by atoms with E-state index in [2.05, 4.69) is 106 Å². The van der Waals surface area contributed by atoms with Crippen molar-refractivity contribution in [2.24, 2.45) is 0 Å². The van der Waals surface area contributed by atoms with Gasteiger partial charge < -0.3 is 14.2 Å². The van der Waals surface area contributed by atoms with E-state index in [0.29, 0.717) is 19.3 Å². The third-order valence-electron chi connectivity index (χ3n) is 12.1. The molecule has 0 aromatic heterocycles. The molecular weight excluding hydrogens is 841 g/mol. The Kier molecular flexibility index (Phi) is 53.4. The summed E-state index contributed by atoms with van der Waals surface area (Å²) in [6, 6.07) is 0. The van der Waals surface area contributed by atoms with Gasteiger partial charge in [0.15, 0.2) is 6.10 Å². The monoisotopic (exact) mass is 947 g/mol. The van der Waals surface area contributed by atoms with Crippen LogP contribution in [-0.4, -0.2) is 37.2 Å². The number of esters is 3. The molecule has 0 N–H and O–H groups in total. The van der Waals surface area contributed by atoms with Crippen molar-refractivity contribution in [3.8, 4) is 0 Å². The first-order chi connectivity index (χ1) is 33.5. The number of hydrogen-bond acceptors (Lipinski definition) is 6. The molecule has 6 heteroatoms. The van der Waals surface area contributed by atoms with Crippen molar-refractivity contribution in [2.45, 2.75) is 277 Å². The molecule has 0 aliphatic rings. The molecule has 6 nitrogen and oxygen atoms in total. The number of allylic oxidation sites excluding steroid dienone is 14. The van der Waals surface area contributed by atoms with Gasteiger partial charge in [0, 0.05) is 19.3 Å². The van der Waals surface area contributed by atoms with Crippen LogP contribution in [0.25, 0.3) is 0 Å². The molecule has 0 aromatic rings. The number of ether oxygens (including phenoxy) is 3. The lowest BCUT2D eigenvalue weighted by atomic mass is 10.0. The number of carbonyl (C=O) groups is 3. The molecule has 0 aliphatic heterocycles. The number of carbonyl (C=O) groups excluding carboxylic acids is 3. The molecule has 68 heavy (non-hydrogen) atoms. The molecule has 0 saturated heterocycles. The summed E-state index contributed by atoms with van der Waals surface area (Å²) in [7, 11) is 0. The number of hydrogen-bond donors (Lipinski definition) is 0. The van der Waals surface area contributed by atoms with Crippen LogP contribution in [0.2, 0.25) is 0 Å². The predicted molar refractivity (Wildman–Crippen MR) is 293 cm³/mol. The van der Waals surface area contributed by atoms with Gasteiger partial charge >= 0.3 is 17.9 Å². The quantitative estimate of drug-likeness (QED) is 0.0262. The second-order valence-electron chi connectivity index (χ2n) is 18.8. The highest BCUT2D eigenvalue weighted by Crippen LogP contribution is 2.15. The second kappa shape index (κ2) is 56.2. The molecule has 390 valence electrons. The summed E-state index contributed by atoms with van der Waals surface area (Å²) in [6.45, 7) is 6.48. The average Bonchev–Trinajstić information content (AvgIpc) is 3.34. The maximum absolute atomic E-state index is 12.9. The van der Waals surface area contributed by atoms with Crippen LogP contribution in [0.15, 0.2) is 85.1 Å². The number of rotatable bonds is 51. The van der Waals surface area contributed by atoms with E-state index in [1.54, 1.807) is 0 Å². The molecule has 0 radical (unpaired) electrons. The van der Waals surface area contributed by atoms with E-state index >= 15 is 0 Å².